The number of nitriles is 1. The second-order valence-corrected chi connectivity index (χ2v) is 3.38. The molecule has 2 atom stereocenters. The minimum absolute atomic E-state index is 0.448. The first-order valence-electron chi connectivity index (χ1n) is 4.87. The van der Waals surface area contributed by atoms with E-state index in [0.717, 1.165) is 13.0 Å². The Hall–Kier alpha value is -0.550. The van der Waals surface area contributed by atoms with Crippen molar-refractivity contribution < 1.29 is 4.74 Å². The SMILES string of the molecule is CCOC1CCCC1CCC#N. The zero-order valence-electron chi connectivity index (χ0n) is 7.75. The van der Waals surface area contributed by atoms with E-state index in [9.17, 15) is 0 Å². The molecule has 0 amide bonds. The van der Waals surface area contributed by atoms with Crippen molar-refractivity contribution in [3.63, 3.8) is 0 Å². The molecule has 1 aliphatic carbocycles. The Kier molecular flexibility index (Phi) is 4.10. The van der Waals surface area contributed by atoms with Crippen molar-refractivity contribution in [2.75, 3.05) is 6.61 Å². The molecular formula is C10H17NO. The molecule has 2 heteroatoms. The van der Waals surface area contributed by atoms with Gasteiger partial charge in [-0.3, -0.25) is 0 Å². The first-order valence-corrected chi connectivity index (χ1v) is 4.87. The highest BCUT2D eigenvalue weighted by Gasteiger charge is 2.26. The van der Waals surface area contributed by atoms with E-state index in [1.54, 1.807) is 0 Å². The lowest BCUT2D eigenvalue weighted by Crippen LogP contribution is -2.17. The van der Waals surface area contributed by atoms with Crippen molar-refractivity contribution >= 4 is 0 Å². The summed E-state index contributed by atoms with van der Waals surface area (Å²) >= 11 is 0. The van der Waals surface area contributed by atoms with E-state index in [-0.39, 0.29) is 0 Å². The molecule has 0 radical (unpaired) electrons. The topological polar surface area (TPSA) is 33.0 Å². The summed E-state index contributed by atoms with van der Waals surface area (Å²) in [6.45, 7) is 2.85. The summed E-state index contributed by atoms with van der Waals surface area (Å²) in [4.78, 5) is 0. The molecule has 2 unspecified atom stereocenters. The standard InChI is InChI=1S/C10H17NO/c1-2-12-10-7-3-5-9(10)6-4-8-11/h9-10H,2-7H2,1H3. The van der Waals surface area contributed by atoms with Gasteiger partial charge in [0.15, 0.2) is 0 Å². The van der Waals surface area contributed by atoms with Crippen molar-refractivity contribution in [1.82, 2.24) is 0 Å². The fourth-order valence-corrected chi connectivity index (χ4v) is 2.02. The smallest absolute Gasteiger partial charge is 0.0621 e. The van der Waals surface area contributed by atoms with Crippen molar-refractivity contribution in [2.45, 2.75) is 45.1 Å². The van der Waals surface area contributed by atoms with Crippen LogP contribution in [-0.4, -0.2) is 12.7 Å². The lowest BCUT2D eigenvalue weighted by Gasteiger charge is -2.17. The molecule has 12 heavy (non-hydrogen) atoms. The van der Waals surface area contributed by atoms with Gasteiger partial charge in [0.2, 0.25) is 0 Å². The predicted octanol–water partition coefficient (Wildman–Crippen LogP) is 2.50. The average molecular weight is 167 g/mol. The van der Waals surface area contributed by atoms with E-state index in [4.69, 9.17) is 10.00 Å². The van der Waals surface area contributed by atoms with Gasteiger partial charge >= 0.3 is 0 Å². The minimum atomic E-state index is 0.448. The summed E-state index contributed by atoms with van der Waals surface area (Å²) in [6.07, 6.45) is 5.90. The summed E-state index contributed by atoms with van der Waals surface area (Å²) < 4.78 is 5.60. The second kappa shape index (κ2) is 5.16. The number of hydrogen-bond donors (Lipinski definition) is 0. The third-order valence-corrected chi connectivity index (χ3v) is 2.60. The average Bonchev–Trinajstić information content (AvgIpc) is 2.50. The Morgan fingerprint density at radius 3 is 3.00 bits per heavy atom. The van der Waals surface area contributed by atoms with Crippen molar-refractivity contribution in [2.24, 2.45) is 5.92 Å². The zero-order chi connectivity index (χ0) is 8.81. The molecule has 1 fully saturated rings. The fraction of sp³-hybridized carbons (Fsp3) is 0.900. The normalized spacial score (nSPS) is 28.7. The fourth-order valence-electron chi connectivity index (χ4n) is 2.02. The molecule has 0 N–H and O–H groups in total. The quantitative estimate of drug-likeness (QED) is 0.644. The first kappa shape index (κ1) is 9.54. The predicted molar refractivity (Wildman–Crippen MR) is 47.6 cm³/mol. The maximum absolute atomic E-state index is 8.45. The highest BCUT2D eigenvalue weighted by atomic mass is 16.5. The van der Waals surface area contributed by atoms with Crippen LogP contribution < -0.4 is 0 Å². The van der Waals surface area contributed by atoms with Gasteiger partial charge in [-0.25, -0.2) is 0 Å². The van der Waals surface area contributed by atoms with E-state index in [1.165, 1.54) is 19.3 Å². The van der Waals surface area contributed by atoms with Gasteiger partial charge in [-0.05, 0) is 32.1 Å². The highest BCUT2D eigenvalue weighted by molar-refractivity contribution is 4.81. The first-order chi connectivity index (χ1) is 5.88. The molecule has 0 aliphatic heterocycles. The molecule has 0 aromatic rings. The molecule has 0 saturated heterocycles. The molecule has 0 bridgehead atoms. The van der Waals surface area contributed by atoms with E-state index >= 15 is 0 Å². The molecule has 2 nitrogen and oxygen atoms in total. The van der Waals surface area contributed by atoms with Crippen LogP contribution in [0.3, 0.4) is 0 Å². The van der Waals surface area contributed by atoms with Crippen LogP contribution in [0.15, 0.2) is 0 Å². The maximum atomic E-state index is 8.45. The molecule has 0 aromatic carbocycles. The van der Waals surface area contributed by atoms with Crippen LogP contribution >= 0.6 is 0 Å². The molecule has 1 rings (SSSR count). The largest absolute Gasteiger partial charge is 0.378 e. The van der Waals surface area contributed by atoms with Crippen molar-refractivity contribution in [1.29, 1.82) is 5.26 Å². The number of nitrogens with zero attached hydrogens (tertiary/aromatic N) is 1. The van der Waals surface area contributed by atoms with E-state index < -0.39 is 0 Å². The molecule has 1 saturated carbocycles. The molecule has 68 valence electrons. The van der Waals surface area contributed by atoms with Crippen LogP contribution in [-0.2, 0) is 4.74 Å². The minimum Gasteiger partial charge on any atom is -0.378 e. The van der Waals surface area contributed by atoms with Gasteiger partial charge in [0, 0.05) is 13.0 Å². The maximum Gasteiger partial charge on any atom is 0.0621 e. The lowest BCUT2D eigenvalue weighted by molar-refractivity contribution is 0.0342. The van der Waals surface area contributed by atoms with Gasteiger partial charge in [0.1, 0.15) is 0 Å². The van der Waals surface area contributed by atoms with Crippen molar-refractivity contribution in [3.05, 3.63) is 0 Å². The van der Waals surface area contributed by atoms with Crippen LogP contribution in [0.4, 0.5) is 0 Å². The van der Waals surface area contributed by atoms with Gasteiger partial charge in [-0.15, -0.1) is 0 Å². The van der Waals surface area contributed by atoms with Crippen molar-refractivity contribution in [3.8, 4) is 6.07 Å². The summed E-state index contributed by atoms with van der Waals surface area (Å²) in [5.41, 5.74) is 0. The summed E-state index contributed by atoms with van der Waals surface area (Å²) in [5, 5.41) is 8.45. The van der Waals surface area contributed by atoms with Gasteiger partial charge in [-0.1, -0.05) is 6.42 Å². The molecule has 0 spiro atoms. The number of ether oxygens (including phenoxy) is 1. The zero-order valence-corrected chi connectivity index (χ0v) is 7.75. The summed E-state index contributed by atoms with van der Waals surface area (Å²) in [5.74, 6) is 0.657. The van der Waals surface area contributed by atoms with E-state index in [0.29, 0.717) is 18.4 Å². The lowest BCUT2D eigenvalue weighted by atomic mass is 10.00. The molecule has 0 aromatic heterocycles. The van der Waals surface area contributed by atoms with Crippen LogP contribution in [0.5, 0.6) is 0 Å². The Morgan fingerprint density at radius 1 is 1.50 bits per heavy atom. The van der Waals surface area contributed by atoms with Crippen LogP contribution in [0, 0.1) is 17.2 Å². The summed E-state index contributed by atoms with van der Waals surface area (Å²) in [6, 6.07) is 2.20. The van der Waals surface area contributed by atoms with Crippen LogP contribution in [0.1, 0.15) is 39.0 Å². The number of hydrogen-bond acceptors (Lipinski definition) is 2. The van der Waals surface area contributed by atoms with Gasteiger partial charge in [-0.2, -0.15) is 5.26 Å². The third kappa shape index (κ3) is 2.49. The molecule has 0 heterocycles. The van der Waals surface area contributed by atoms with Gasteiger partial charge < -0.3 is 4.74 Å². The van der Waals surface area contributed by atoms with E-state index in [2.05, 4.69) is 6.07 Å². The van der Waals surface area contributed by atoms with Crippen LogP contribution in [0.2, 0.25) is 0 Å². The van der Waals surface area contributed by atoms with Gasteiger partial charge in [0.05, 0.1) is 12.2 Å². The molecular weight excluding hydrogens is 150 g/mol. The Labute approximate surface area is 74.5 Å². The third-order valence-electron chi connectivity index (χ3n) is 2.60. The Morgan fingerprint density at radius 2 is 2.33 bits per heavy atom. The van der Waals surface area contributed by atoms with Gasteiger partial charge in [0.25, 0.3) is 0 Å². The monoisotopic (exact) mass is 167 g/mol. The molecule has 1 aliphatic rings. The highest BCUT2D eigenvalue weighted by Crippen LogP contribution is 2.31. The van der Waals surface area contributed by atoms with Crippen LogP contribution in [0.25, 0.3) is 0 Å². The Bertz CT molecular complexity index is 162. The number of rotatable bonds is 4. The van der Waals surface area contributed by atoms with E-state index in [1.807, 2.05) is 6.92 Å². The second-order valence-electron chi connectivity index (χ2n) is 3.38. The Balaban J connectivity index is 2.26. The summed E-state index contributed by atoms with van der Waals surface area (Å²) in [7, 11) is 0.